The maximum absolute atomic E-state index is 11.3. The number of hydrogen-bond donors (Lipinski definition) is 1. The van der Waals surface area contributed by atoms with Gasteiger partial charge in [-0.25, -0.2) is 0 Å². The molecule has 0 atom stereocenters. The number of fused-ring (bicyclic) bond motifs is 5. The highest BCUT2D eigenvalue weighted by Gasteiger charge is 2.24. The number of hydrogen-bond acceptors (Lipinski definition) is 1. The molecule has 0 aliphatic heterocycles. The van der Waals surface area contributed by atoms with Crippen molar-refractivity contribution in [2.45, 2.75) is 19.4 Å². The Hall–Kier alpha value is -2.26. The first-order valence-electron chi connectivity index (χ1n) is 7.26. The van der Waals surface area contributed by atoms with Crippen LogP contribution in [0.1, 0.15) is 11.3 Å². The van der Waals surface area contributed by atoms with Gasteiger partial charge < -0.3 is 9.67 Å². The highest BCUT2D eigenvalue weighted by Crippen LogP contribution is 2.41. The number of halogens is 1. The fourth-order valence-electron chi connectivity index (χ4n) is 3.49. The van der Waals surface area contributed by atoms with Gasteiger partial charge in [0, 0.05) is 27.2 Å². The van der Waals surface area contributed by atoms with E-state index in [2.05, 4.69) is 12.1 Å². The fourth-order valence-corrected chi connectivity index (χ4v) is 3.66. The van der Waals surface area contributed by atoms with Crippen LogP contribution >= 0.6 is 11.6 Å². The van der Waals surface area contributed by atoms with Crippen molar-refractivity contribution in [2.24, 2.45) is 0 Å². The largest absolute Gasteiger partial charge is 0.480 e. The SMILES string of the molecule is O=C(O)Cn1c2c(c3cc(Cl)ccc31)-c1ccccc1CC2. The van der Waals surface area contributed by atoms with E-state index in [1.807, 2.05) is 34.9 Å². The highest BCUT2D eigenvalue weighted by molar-refractivity contribution is 6.31. The lowest BCUT2D eigenvalue weighted by atomic mass is 9.88. The molecule has 1 heterocycles. The summed E-state index contributed by atoms with van der Waals surface area (Å²) in [5, 5.41) is 11.0. The van der Waals surface area contributed by atoms with Crippen molar-refractivity contribution in [1.29, 1.82) is 0 Å². The zero-order valence-electron chi connectivity index (χ0n) is 11.8. The average molecular weight is 312 g/mol. The minimum Gasteiger partial charge on any atom is -0.480 e. The van der Waals surface area contributed by atoms with E-state index < -0.39 is 5.97 Å². The van der Waals surface area contributed by atoms with Crippen molar-refractivity contribution >= 4 is 28.5 Å². The second-order valence-corrected chi connectivity index (χ2v) is 6.06. The van der Waals surface area contributed by atoms with E-state index in [4.69, 9.17) is 11.6 Å². The van der Waals surface area contributed by atoms with Gasteiger partial charge >= 0.3 is 5.97 Å². The Labute approximate surface area is 132 Å². The molecule has 0 fully saturated rings. The number of aromatic nitrogens is 1. The molecule has 110 valence electrons. The Kier molecular flexibility index (Phi) is 2.98. The third-order valence-electron chi connectivity index (χ3n) is 4.34. The number of rotatable bonds is 2. The van der Waals surface area contributed by atoms with Gasteiger partial charge in [-0.3, -0.25) is 4.79 Å². The standard InChI is InChI=1S/C18H14ClNO2/c19-12-6-8-15-14(9-12)18-13-4-2-1-3-11(13)5-7-16(18)20(15)10-17(21)22/h1-4,6,8-9H,5,7,10H2,(H,21,22). The molecule has 1 aliphatic carbocycles. The molecular weight excluding hydrogens is 298 g/mol. The van der Waals surface area contributed by atoms with Gasteiger partial charge in [0.25, 0.3) is 0 Å². The van der Waals surface area contributed by atoms with Gasteiger partial charge in [0.15, 0.2) is 0 Å². The summed E-state index contributed by atoms with van der Waals surface area (Å²) in [7, 11) is 0. The van der Waals surface area contributed by atoms with E-state index in [0.29, 0.717) is 5.02 Å². The van der Waals surface area contributed by atoms with Gasteiger partial charge in [0.05, 0.1) is 0 Å². The highest BCUT2D eigenvalue weighted by atomic mass is 35.5. The maximum Gasteiger partial charge on any atom is 0.323 e. The molecule has 4 rings (SSSR count). The summed E-state index contributed by atoms with van der Waals surface area (Å²) in [4.78, 5) is 11.3. The molecule has 1 aliphatic rings. The Bertz CT molecular complexity index is 911. The van der Waals surface area contributed by atoms with Crippen LogP contribution in [0.3, 0.4) is 0 Å². The molecular formula is C18H14ClNO2. The molecule has 3 aromatic rings. The zero-order valence-corrected chi connectivity index (χ0v) is 12.6. The van der Waals surface area contributed by atoms with Crippen molar-refractivity contribution in [2.75, 3.05) is 0 Å². The van der Waals surface area contributed by atoms with Gasteiger partial charge in [0.1, 0.15) is 6.54 Å². The molecule has 1 aromatic heterocycles. The normalized spacial score (nSPS) is 13.0. The van der Waals surface area contributed by atoms with E-state index in [-0.39, 0.29) is 6.54 Å². The van der Waals surface area contributed by atoms with Gasteiger partial charge in [-0.15, -0.1) is 0 Å². The molecule has 0 amide bonds. The predicted molar refractivity (Wildman–Crippen MR) is 87.4 cm³/mol. The minimum atomic E-state index is -0.825. The van der Waals surface area contributed by atoms with Gasteiger partial charge in [0.2, 0.25) is 0 Å². The molecule has 3 nitrogen and oxygen atoms in total. The van der Waals surface area contributed by atoms with Crippen LogP contribution in [0.2, 0.25) is 5.02 Å². The Balaban J connectivity index is 2.10. The molecule has 0 unspecified atom stereocenters. The summed E-state index contributed by atoms with van der Waals surface area (Å²) in [6.45, 7) is -0.0182. The van der Waals surface area contributed by atoms with E-state index >= 15 is 0 Å². The lowest BCUT2D eigenvalue weighted by Gasteiger charge is -2.18. The lowest BCUT2D eigenvalue weighted by Crippen LogP contribution is -2.14. The molecule has 0 spiro atoms. The van der Waals surface area contributed by atoms with Gasteiger partial charge in [-0.2, -0.15) is 0 Å². The van der Waals surface area contributed by atoms with Crippen molar-refractivity contribution < 1.29 is 9.90 Å². The quantitative estimate of drug-likeness (QED) is 0.772. The fraction of sp³-hybridized carbons (Fsp3) is 0.167. The Morgan fingerprint density at radius 3 is 2.82 bits per heavy atom. The molecule has 0 bridgehead atoms. The van der Waals surface area contributed by atoms with Crippen LogP contribution < -0.4 is 0 Å². The van der Waals surface area contributed by atoms with Crippen LogP contribution in [-0.2, 0) is 24.2 Å². The third-order valence-corrected chi connectivity index (χ3v) is 4.58. The first-order valence-corrected chi connectivity index (χ1v) is 7.63. The number of aliphatic carboxylic acids is 1. The summed E-state index contributed by atoms with van der Waals surface area (Å²) >= 11 is 6.18. The molecule has 4 heteroatoms. The van der Waals surface area contributed by atoms with Crippen LogP contribution in [0.25, 0.3) is 22.0 Å². The van der Waals surface area contributed by atoms with Crippen molar-refractivity contribution in [3.8, 4) is 11.1 Å². The van der Waals surface area contributed by atoms with Crippen LogP contribution in [-0.4, -0.2) is 15.6 Å². The number of nitrogens with zero attached hydrogens (tertiary/aromatic N) is 1. The topological polar surface area (TPSA) is 42.2 Å². The number of carboxylic acids is 1. The minimum absolute atomic E-state index is 0.0182. The molecule has 1 N–H and O–H groups in total. The molecule has 0 saturated heterocycles. The number of benzene rings is 2. The Morgan fingerprint density at radius 1 is 1.18 bits per heavy atom. The summed E-state index contributed by atoms with van der Waals surface area (Å²) in [6, 6.07) is 14.0. The summed E-state index contributed by atoms with van der Waals surface area (Å²) in [5.41, 5.74) is 5.68. The van der Waals surface area contributed by atoms with Gasteiger partial charge in [-0.05, 0) is 42.2 Å². The van der Waals surface area contributed by atoms with E-state index in [9.17, 15) is 9.90 Å². The predicted octanol–water partition coefficient (Wildman–Crippen LogP) is 4.14. The van der Waals surface area contributed by atoms with E-state index in [0.717, 1.165) is 35.0 Å². The number of carbonyl (C=O) groups is 1. The monoisotopic (exact) mass is 311 g/mol. The van der Waals surface area contributed by atoms with Gasteiger partial charge in [-0.1, -0.05) is 35.9 Å². The smallest absolute Gasteiger partial charge is 0.323 e. The first kappa shape index (κ1) is 13.4. The summed E-state index contributed by atoms with van der Waals surface area (Å²) in [6.07, 6.45) is 1.79. The summed E-state index contributed by atoms with van der Waals surface area (Å²) < 4.78 is 1.92. The lowest BCUT2D eigenvalue weighted by molar-refractivity contribution is -0.137. The average Bonchev–Trinajstić information content (AvgIpc) is 2.80. The van der Waals surface area contributed by atoms with E-state index in [1.54, 1.807) is 0 Å². The van der Waals surface area contributed by atoms with Crippen LogP contribution in [0.5, 0.6) is 0 Å². The second kappa shape index (κ2) is 4.89. The second-order valence-electron chi connectivity index (χ2n) is 5.62. The third kappa shape index (κ3) is 1.93. The summed E-state index contributed by atoms with van der Waals surface area (Å²) in [5.74, 6) is -0.825. The molecule has 2 aromatic carbocycles. The number of aryl methyl sites for hydroxylation is 1. The zero-order chi connectivity index (χ0) is 15.3. The van der Waals surface area contributed by atoms with Crippen molar-refractivity contribution in [1.82, 2.24) is 4.57 Å². The van der Waals surface area contributed by atoms with Crippen LogP contribution in [0.15, 0.2) is 42.5 Å². The van der Waals surface area contributed by atoms with Crippen molar-refractivity contribution in [3.05, 3.63) is 58.7 Å². The van der Waals surface area contributed by atoms with E-state index in [1.165, 1.54) is 11.1 Å². The van der Waals surface area contributed by atoms with Crippen LogP contribution in [0, 0.1) is 0 Å². The molecule has 22 heavy (non-hydrogen) atoms. The number of carboxylic acid groups (broad SMARTS) is 1. The first-order chi connectivity index (χ1) is 10.6. The molecule has 0 radical (unpaired) electrons. The molecule has 0 saturated carbocycles. The van der Waals surface area contributed by atoms with Crippen LogP contribution in [0.4, 0.5) is 0 Å². The Morgan fingerprint density at radius 2 is 2.00 bits per heavy atom. The van der Waals surface area contributed by atoms with Crippen molar-refractivity contribution in [3.63, 3.8) is 0 Å². The maximum atomic E-state index is 11.3.